The molecule has 0 spiro atoms. The van der Waals surface area contributed by atoms with E-state index in [1.54, 1.807) is 22.9 Å². The van der Waals surface area contributed by atoms with Crippen LogP contribution in [0.2, 0.25) is 0 Å². The standard InChI is InChI=1S/C26H16F2N4O2S/c27-15-5-9-17(10-6-15)30-26(34)20(13-29)25(33)23-21-14-35-22-4-2-1-3-19(22)24(21)32(31-23)18-11-7-16(28)8-12-18/h1-12,20H,14H2,(H,30,34). The Morgan fingerprint density at radius 3 is 2.34 bits per heavy atom. The molecule has 5 rings (SSSR count). The maximum absolute atomic E-state index is 13.6. The molecule has 0 fully saturated rings. The lowest BCUT2D eigenvalue weighted by Crippen LogP contribution is -2.29. The summed E-state index contributed by atoms with van der Waals surface area (Å²) in [5, 5.41) is 16.7. The van der Waals surface area contributed by atoms with Crippen LogP contribution in [0.25, 0.3) is 16.9 Å². The van der Waals surface area contributed by atoms with Crippen molar-refractivity contribution in [3.8, 4) is 23.0 Å². The summed E-state index contributed by atoms with van der Waals surface area (Å²) in [5.41, 5.74) is 2.90. The molecule has 2 heterocycles. The highest BCUT2D eigenvalue weighted by Gasteiger charge is 2.35. The van der Waals surface area contributed by atoms with Crippen molar-refractivity contribution in [3.63, 3.8) is 0 Å². The fourth-order valence-electron chi connectivity index (χ4n) is 3.89. The Morgan fingerprint density at radius 2 is 1.66 bits per heavy atom. The van der Waals surface area contributed by atoms with Gasteiger partial charge in [0.25, 0.3) is 0 Å². The molecular formula is C26H16F2N4O2S. The minimum Gasteiger partial charge on any atom is -0.325 e. The first-order valence-corrected chi connectivity index (χ1v) is 11.5. The number of amides is 1. The van der Waals surface area contributed by atoms with Gasteiger partial charge in [-0.25, -0.2) is 13.5 Å². The number of halogens is 2. The molecule has 1 aliphatic rings. The first-order valence-electron chi connectivity index (χ1n) is 10.6. The quantitative estimate of drug-likeness (QED) is 0.302. The zero-order chi connectivity index (χ0) is 24.5. The Kier molecular flexibility index (Phi) is 5.89. The highest BCUT2D eigenvalue weighted by atomic mass is 32.2. The molecule has 0 saturated heterocycles. The number of aromatic nitrogens is 2. The molecule has 1 aromatic heterocycles. The average Bonchev–Trinajstić information content (AvgIpc) is 3.26. The van der Waals surface area contributed by atoms with E-state index >= 15 is 0 Å². The lowest BCUT2D eigenvalue weighted by Gasteiger charge is -2.18. The summed E-state index contributed by atoms with van der Waals surface area (Å²) in [4.78, 5) is 27.2. The summed E-state index contributed by atoms with van der Waals surface area (Å²) in [7, 11) is 0. The van der Waals surface area contributed by atoms with Gasteiger partial charge >= 0.3 is 0 Å². The number of carbonyl (C=O) groups is 2. The molecule has 35 heavy (non-hydrogen) atoms. The number of hydrogen-bond donors (Lipinski definition) is 1. The molecule has 0 saturated carbocycles. The number of Topliss-reactive ketones (excluding diaryl/α,β-unsaturated/α-hetero) is 1. The van der Waals surface area contributed by atoms with Gasteiger partial charge in [0.05, 0.1) is 17.5 Å². The van der Waals surface area contributed by atoms with Crippen LogP contribution in [0, 0.1) is 28.9 Å². The van der Waals surface area contributed by atoms with Crippen LogP contribution in [-0.2, 0) is 10.5 Å². The number of benzene rings is 3. The van der Waals surface area contributed by atoms with Crippen LogP contribution in [-0.4, -0.2) is 21.5 Å². The fraction of sp³-hybridized carbons (Fsp3) is 0.0769. The van der Waals surface area contributed by atoms with E-state index in [9.17, 15) is 23.6 Å². The molecule has 1 N–H and O–H groups in total. The Hall–Kier alpha value is -4.29. The van der Waals surface area contributed by atoms with Gasteiger partial charge in [-0.3, -0.25) is 9.59 Å². The molecule has 172 valence electrons. The smallest absolute Gasteiger partial charge is 0.249 e. The van der Waals surface area contributed by atoms with E-state index in [2.05, 4.69) is 10.4 Å². The van der Waals surface area contributed by atoms with E-state index in [0.717, 1.165) is 22.6 Å². The normalized spacial score (nSPS) is 12.7. The summed E-state index contributed by atoms with van der Waals surface area (Å²) in [6, 6.07) is 20.1. The molecule has 0 aliphatic carbocycles. The van der Waals surface area contributed by atoms with Crippen molar-refractivity contribution >= 4 is 29.1 Å². The molecule has 3 aromatic carbocycles. The molecular weight excluding hydrogens is 470 g/mol. The van der Waals surface area contributed by atoms with Gasteiger partial charge in [0.2, 0.25) is 11.7 Å². The fourth-order valence-corrected chi connectivity index (χ4v) is 4.96. The molecule has 1 aliphatic heterocycles. The van der Waals surface area contributed by atoms with Crippen molar-refractivity contribution in [2.24, 2.45) is 5.92 Å². The Bertz CT molecular complexity index is 1490. The van der Waals surface area contributed by atoms with E-state index < -0.39 is 29.2 Å². The van der Waals surface area contributed by atoms with Crippen molar-refractivity contribution < 1.29 is 18.4 Å². The Balaban J connectivity index is 1.57. The molecule has 0 bridgehead atoms. The predicted octanol–water partition coefficient (Wildman–Crippen LogP) is 5.38. The van der Waals surface area contributed by atoms with Gasteiger partial charge < -0.3 is 5.32 Å². The molecule has 1 atom stereocenters. The third kappa shape index (κ3) is 4.20. The van der Waals surface area contributed by atoms with Crippen molar-refractivity contribution in [2.45, 2.75) is 10.6 Å². The summed E-state index contributed by atoms with van der Waals surface area (Å²) in [6.45, 7) is 0. The zero-order valence-corrected chi connectivity index (χ0v) is 18.9. The lowest BCUT2D eigenvalue weighted by molar-refractivity contribution is -0.117. The predicted molar refractivity (Wildman–Crippen MR) is 127 cm³/mol. The highest BCUT2D eigenvalue weighted by molar-refractivity contribution is 7.98. The van der Waals surface area contributed by atoms with Crippen LogP contribution in [0.3, 0.4) is 0 Å². The number of thioether (sulfide) groups is 1. The van der Waals surface area contributed by atoms with Gasteiger partial charge in [0.15, 0.2) is 5.92 Å². The minimum absolute atomic E-state index is 0.00661. The van der Waals surface area contributed by atoms with Crippen LogP contribution < -0.4 is 5.32 Å². The number of fused-ring (bicyclic) bond motifs is 3. The first-order chi connectivity index (χ1) is 17.0. The summed E-state index contributed by atoms with van der Waals surface area (Å²) in [5.74, 6) is -3.73. The topological polar surface area (TPSA) is 87.8 Å². The van der Waals surface area contributed by atoms with E-state index in [0.29, 0.717) is 22.7 Å². The third-order valence-electron chi connectivity index (χ3n) is 5.57. The van der Waals surface area contributed by atoms with Crippen molar-refractivity contribution in [1.29, 1.82) is 5.26 Å². The zero-order valence-electron chi connectivity index (χ0n) is 18.0. The number of nitrogens with one attached hydrogen (secondary N) is 1. The molecule has 6 nitrogen and oxygen atoms in total. The van der Waals surface area contributed by atoms with E-state index in [1.165, 1.54) is 36.0 Å². The molecule has 0 radical (unpaired) electrons. The van der Waals surface area contributed by atoms with Crippen LogP contribution >= 0.6 is 11.8 Å². The molecule has 1 amide bonds. The number of nitrogens with zero attached hydrogens (tertiary/aromatic N) is 3. The second kappa shape index (κ2) is 9.16. The van der Waals surface area contributed by atoms with Gasteiger partial charge in [-0.1, -0.05) is 18.2 Å². The number of rotatable bonds is 5. The maximum atomic E-state index is 13.6. The van der Waals surface area contributed by atoms with Crippen molar-refractivity contribution in [2.75, 3.05) is 5.32 Å². The highest BCUT2D eigenvalue weighted by Crippen LogP contribution is 2.44. The SMILES string of the molecule is N#CC(C(=O)Nc1ccc(F)cc1)C(=O)c1nn(-c2ccc(F)cc2)c2c1CSc1ccccc1-2. The van der Waals surface area contributed by atoms with Gasteiger partial charge in [0, 0.05) is 27.5 Å². The van der Waals surface area contributed by atoms with E-state index in [1.807, 2.05) is 24.3 Å². The van der Waals surface area contributed by atoms with E-state index in [4.69, 9.17) is 0 Å². The number of nitriles is 1. The molecule has 1 unspecified atom stereocenters. The number of carbonyl (C=O) groups excluding carboxylic acids is 2. The second-order valence-electron chi connectivity index (χ2n) is 7.77. The largest absolute Gasteiger partial charge is 0.325 e. The van der Waals surface area contributed by atoms with Gasteiger partial charge in [-0.2, -0.15) is 10.4 Å². The first kappa shape index (κ1) is 22.5. The average molecular weight is 487 g/mol. The van der Waals surface area contributed by atoms with Crippen LogP contribution in [0.15, 0.2) is 77.7 Å². The summed E-state index contributed by atoms with van der Waals surface area (Å²) >= 11 is 1.52. The van der Waals surface area contributed by atoms with Crippen LogP contribution in [0.1, 0.15) is 16.1 Å². The van der Waals surface area contributed by atoms with Gasteiger partial charge in [-0.15, -0.1) is 11.8 Å². The molecule has 4 aromatic rings. The van der Waals surface area contributed by atoms with Crippen LogP contribution in [0.5, 0.6) is 0 Å². The van der Waals surface area contributed by atoms with Crippen molar-refractivity contribution in [3.05, 3.63) is 95.7 Å². The summed E-state index contributed by atoms with van der Waals surface area (Å²) in [6.07, 6.45) is 0. The maximum Gasteiger partial charge on any atom is 0.249 e. The Labute approximate surface area is 203 Å². The lowest BCUT2D eigenvalue weighted by atomic mass is 9.97. The second-order valence-corrected chi connectivity index (χ2v) is 8.79. The van der Waals surface area contributed by atoms with Gasteiger partial charge in [-0.05, 0) is 54.6 Å². The van der Waals surface area contributed by atoms with Crippen LogP contribution in [0.4, 0.5) is 14.5 Å². The minimum atomic E-state index is -1.66. The number of ketones is 1. The van der Waals surface area contributed by atoms with Crippen molar-refractivity contribution in [1.82, 2.24) is 9.78 Å². The van der Waals surface area contributed by atoms with E-state index in [-0.39, 0.29) is 11.4 Å². The number of anilines is 1. The monoisotopic (exact) mass is 486 g/mol. The third-order valence-corrected chi connectivity index (χ3v) is 6.67. The molecule has 9 heteroatoms. The Morgan fingerprint density at radius 1 is 1.00 bits per heavy atom. The van der Waals surface area contributed by atoms with Gasteiger partial charge in [0.1, 0.15) is 17.3 Å². The number of hydrogen-bond acceptors (Lipinski definition) is 5. The summed E-state index contributed by atoms with van der Waals surface area (Å²) < 4.78 is 28.3.